The lowest BCUT2D eigenvalue weighted by molar-refractivity contribution is -0.122. The van der Waals surface area contributed by atoms with Crippen molar-refractivity contribution >= 4 is 25.1 Å². The molecule has 0 saturated heterocycles. The molecule has 0 saturated carbocycles. The van der Waals surface area contributed by atoms with Crippen molar-refractivity contribution in [2.45, 2.75) is 18.7 Å². The number of carbonyl (C=O) groups excluding carboxylic acids is 1. The lowest BCUT2D eigenvalue weighted by Crippen LogP contribution is -2.45. The highest BCUT2D eigenvalue weighted by Gasteiger charge is 2.26. The summed E-state index contributed by atoms with van der Waals surface area (Å²) in [5, 5.41) is 2.06. The Morgan fingerprint density at radius 2 is 2.15 bits per heavy atom. The van der Waals surface area contributed by atoms with Gasteiger partial charge in [0.25, 0.3) is 0 Å². The van der Waals surface area contributed by atoms with Gasteiger partial charge in [0.15, 0.2) is 0 Å². The van der Waals surface area contributed by atoms with Crippen LogP contribution >= 0.6 is 19.2 Å². The predicted molar refractivity (Wildman–Crippen MR) is 48.3 cm³/mol. The number of rotatable bonds is 4. The number of nitrogens with one attached hydrogen (secondary N) is 1. The van der Waals surface area contributed by atoms with Gasteiger partial charge in [0, 0.05) is 5.88 Å². The molecule has 0 rings (SSSR count). The van der Waals surface area contributed by atoms with E-state index in [1.807, 2.05) is 0 Å². The summed E-state index contributed by atoms with van der Waals surface area (Å²) in [4.78, 5) is 28.2. The van der Waals surface area contributed by atoms with Crippen LogP contribution in [0.25, 0.3) is 0 Å². The normalized spacial score (nSPS) is 16.4. The van der Waals surface area contributed by atoms with Gasteiger partial charge in [-0.1, -0.05) is 0 Å². The van der Waals surface area contributed by atoms with Crippen molar-refractivity contribution in [2.75, 3.05) is 5.88 Å². The molecule has 0 fully saturated rings. The summed E-state index contributed by atoms with van der Waals surface area (Å²) in [6, 6.07) is -0.948. The summed E-state index contributed by atoms with van der Waals surface area (Å²) in [7, 11) is -4.29. The first-order valence-electron chi connectivity index (χ1n) is 3.46. The zero-order valence-electron chi connectivity index (χ0n) is 6.98. The maximum Gasteiger partial charge on any atom is 0.347 e. The van der Waals surface area contributed by atoms with E-state index < -0.39 is 25.3 Å². The van der Waals surface area contributed by atoms with E-state index in [0.717, 1.165) is 0 Å². The largest absolute Gasteiger partial charge is 0.347 e. The first kappa shape index (κ1) is 12.9. The lowest BCUT2D eigenvalue weighted by atomic mass is 10.3. The topological polar surface area (TPSA) is 113 Å². The molecule has 5 N–H and O–H groups in total. The third kappa shape index (κ3) is 4.59. The second-order valence-corrected chi connectivity index (χ2v) is 4.80. The molecule has 0 heterocycles. The number of halogens is 1. The summed E-state index contributed by atoms with van der Waals surface area (Å²) in [6.45, 7) is 1.19. The van der Waals surface area contributed by atoms with Crippen molar-refractivity contribution in [3.05, 3.63) is 0 Å². The van der Waals surface area contributed by atoms with Crippen LogP contribution in [0.1, 0.15) is 6.92 Å². The van der Waals surface area contributed by atoms with Crippen LogP contribution in [0.2, 0.25) is 0 Å². The highest BCUT2D eigenvalue weighted by Crippen LogP contribution is 2.38. The Morgan fingerprint density at radius 3 is 2.46 bits per heavy atom. The Morgan fingerprint density at radius 1 is 1.69 bits per heavy atom. The highest BCUT2D eigenvalue weighted by atomic mass is 35.5. The second kappa shape index (κ2) is 4.93. The van der Waals surface area contributed by atoms with Crippen LogP contribution in [0.3, 0.4) is 0 Å². The number of hydrogen-bond acceptors (Lipinski definition) is 3. The molecule has 0 spiro atoms. The molecule has 1 unspecified atom stereocenters. The van der Waals surface area contributed by atoms with Crippen molar-refractivity contribution in [2.24, 2.45) is 5.73 Å². The molecule has 1 amide bonds. The number of hydrogen-bond donors (Lipinski definition) is 4. The molecule has 0 aliphatic rings. The van der Waals surface area contributed by atoms with E-state index in [-0.39, 0.29) is 5.88 Å². The van der Waals surface area contributed by atoms with E-state index >= 15 is 0 Å². The molecule has 8 heteroatoms. The maximum atomic E-state index is 11.0. The molecule has 0 aliphatic carbocycles. The van der Waals surface area contributed by atoms with Crippen molar-refractivity contribution in [1.29, 1.82) is 0 Å². The summed E-state index contributed by atoms with van der Waals surface area (Å²) in [6.07, 6.45) is 0. The summed E-state index contributed by atoms with van der Waals surface area (Å²) >= 11 is 5.26. The van der Waals surface area contributed by atoms with Gasteiger partial charge in [0.05, 0.1) is 6.04 Å². The molecular weight excluding hydrogens is 218 g/mol. The van der Waals surface area contributed by atoms with E-state index in [2.05, 4.69) is 5.32 Å². The van der Waals surface area contributed by atoms with Gasteiger partial charge in [-0.25, -0.2) is 0 Å². The Kier molecular flexibility index (Phi) is 4.88. The highest BCUT2D eigenvalue weighted by molar-refractivity contribution is 7.52. The molecule has 0 aromatic carbocycles. The minimum atomic E-state index is -4.29. The molecule has 13 heavy (non-hydrogen) atoms. The van der Waals surface area contributed by atoms with Gasteiger partial charge in [0.2, 0.25) is 5.91 Å². The summed E-state index contributed by atoms with van der Waals surface area (Å²) in [5.41, 5.74) is 5.21. The molecule has 0 aromatic heterocycles. The Hall–Kier alpha value is -0.130. The predicted octanol–water partition coefficient (Wildman–Crippen LogP) is -0.808. The van der Waals surface area contributed by atoms with Gasteiger partial charge in [-0.15, -0.1) is 11.6 Å². The minimum Gasteiger partial charge on any atom is -0.341 e. The molecule has 6 nitrogen and oxygen atoms in total. The number of carbonyl (C=O) groups is 1. The Bertz CT molecular complexity index is 231. The summed E-state index contributed by atoms with van der Waals surface area (Å²) in [5.74, 6) is -2.01. The number of alkyl halides is 1. The molecule has 0 aliphatic heterocycles. The van der Waals surface area contributed by atoms with E-state index in [4.69, 9.17) is 27.1 Å². The fraction of sp³-hybridized carbons (Fsp3) is 0.800. The van der Waals surface area contributed by atoms with Crippen molar-refractivity contribution < 1.29 is 19.1 Å². The van der Waals surface area contributed by atoms with Crippen LogP contribution in [0.4, 0.5) is 0 Å². The van der Waals surface area contributed by atoms with Crippen molar-refractivity contribution in [3.63, 3.8) is 0 Å². The van der Waals surface area contributed by atoms with Gasteiger partial charge < -0.3 is 20.8 Å². The minimum absolute atomic E-state index is 0.0975. The average molecular weight is 231 g/mol. The summed E-state index contributed by atoms with van der Waals surface area (Å²) < 4.78 is 10.6. The fourth-order valence-corrected chi connectivity index (χ4v) is 0.903. The third-order valence-corrected chi connectivity index (χ3v) is 2.83. The molecule has 0 aromatic rings. The number of amides is 1. The average Bonchev–Trinajstić information content (AvgIpc) is 2.01. The quantitative estimate of drug-likeness (QED) is 0.373. The Balaban J connectivity index is 4.15. The molecule has 2 atom stereocenters. The molecule has 78 valence electrons. The van der Waals surface area contributed by atoms with Crippen molar-refractivity contribution in [3.8, 4) is 0 Å². The van der Waals surface area contributed by atoms with E-state index in [1.165, 1.54) is 6.92 Å². The van der Waals surface area contributed by atoms with Gasteiger partial charge in [-0.2, -0.15) is 0 Å². The third-order valence-electron chi connectivity index (χ3n) is 1.36. The van der Waals surface area contributed by atoms with Crippen LogP contribution in [0, 0.1) is 0 Å². The molecule has 0 bridgehead atoms. The standard InChI is InChI=1S/C5H12ClN2O4P/c1-3(13(10,11)12)8-5(9)4(7)2-6/h3-4H,2,7H2,1H3,(H,8,9)(H2,10,11,12)/t3?,4-/m0/s1. The van der Waals surface area contributed by atoms with Crippen LogP contribution in [0.5, 0.6) is 0 Å². The van der Waals surface area contributed by atoms with Gasteiger partial charge in [-0.3, -0.25) is 9.36 Å². The van der Waals surface area contributed by atoms with Crippen LogP contribution in [-0.4, -0.2) is 33.4 Å². The van der Waals surface area contributed by atoms with Crippen LogP contribution in [-0.2, 0) is 9.36 Å². The maximum absolute atomic E-state index is 11.0. The zero-order chi connectivity index (χ0) is 10.6. The van der Waals surface area contributed by atoms with Crippen LogP contribution < -0.4 is 11.1 Å². The molecular formula is C5H12ClN2O4P. The molecule has 0 radical (unpaired) electrons. The van der Waals surface area contributed by atoms with E-state index in [1.54, 1.807) is 0 Å². The SMILES string of the molecule is CC(NC(=O)[C@@H](N)CCl)P(=O)(O)O. The fourth-order valence-electron chi connectivity index (χ4n) is 0.467. The van der Waals surface area contributed by atoms with Crippen LogP contribution in [0.15, 0.2) is 0 Å². The zero-order valence-corrected chi connectivity index (χ0v) is 8.63. The van der Waals surface area contributed by atoms with Gasteiger partial charge >= 0.3 is 7.60 Å². The van der Waals surface area contributed by atoms with E-state index in [9.17, 15) is 9.36 Å². The number of nitrogens with two attached hydrogens (primary N) is 1. The first-order chi connectivity index (χ1) is 5.79. The van der Waals surface area contributed by atoms with E-state index in [0.29, 0.717) is 0 Å². The van der Waals surface area contributed by atoms with Crippen molar-refractivity contribution in [1.82, 2.24) is 5.32 Å². The second-order valence-electron chi connectivity index (χ2n) is 2.53. The monoisotopic (exact) mass is 230 g/mol. The first-order valence-corrected chi connectivity index (χ1v) is 5.67. The Labute approximate surface area is 80.6 Å². The van der Waals surface area contributed by atoms with Gasteiger partial charge in [0.1, 0.15) is 5.78 Å². The lowest BCUT2D eigenvalue weighted by Gasteiger charge is -2.16. The smallest absolute Gasteiger partial charge is 0.341 e. The van der Waals surface area contributed by atoms with Gasteiger partial charge in [-0.05, 0) is 6.92 Å².